The minimum atomic E-state index is -0.877. The molecule has 2 atom stereocenters. The Balaban J connectivity index is 1.50. The summed E-state index contributed by atoms with van der Waals surface area (Å²) in [6, 6.07) is 16.3. The first-order valence-corrected chi connectivity index (χ1v) is 12.7. The Morgan fingerprint density at radius 2 is 1.89 bits per heavy atom. The number of hydrazone groups is 1. The summed E-state index contributed by atoms with van der Waals surface area (Å²) in [7, 11) is 0. The Morgan fingerprint density at radius 1 is 1.18 bits per heavy atom. The summed E-state index contributed by atoms with van der Waals surface area (Å²) in [4.78, 5) is 24.4. The topological polar surface area (TPSA) is 145 Å². The fourth-order valence-corrected chi connectivity index (χ4v) is 3.91. The molecule has 2 aromatic carbocycles. The number of rotatable bonds is 13. The van der Waals surface area contributed by atoms with Gasteiger partial charge in [0.25, 0.3) is 5.91 Å². The highest BCUT2D eigenvalue weighted by Gasteiger charge is 2.26. The predicted molar refractivity (Wildman–Crippen MR) is 143 cm³/mol. The van der Waals surface area contributed by atoms with Crippen LogP contribution in [0.2, 0.25) is 0 Å². The number of nitrogens with one attached hydrogen (secondary N) is 3. The summed E-state index contributed by atoms with van der Waals surface area (Å²) in [5.74, 6) is 0.592. The molecule has 0 radical (unpaired) electrons. The van der Waals surface area contributed by atoms with Crippen molar-refractivity contribution < 1.29 is 24.2 Å². The van der Waals surface area contributed by atoms with Crippen LogP contribution in [0.5, 0.6) is 11.5 Å². The van der Waals surface area contributed by atoms with E-state index in [9.17, 15) is 14.7 Å². The lowest BCUT2D eigenvalue weighted by Gasteiger charge is -2.30. The zero-order chi connectivity index (χ0) is 27.5. The lowest BCUT2D eigenvalue weighted by Crippen LogP contribution is -2.54. The first-order chi connectivity index (χ1) is 18.2. The molecule has 1 aliphatic rings. The Bertz CT molecular complexity index is 1190. The van der Waals surface area contributed by atoms with E-state index in [4.69, 9.17) is 14.7 Å². The van der Waals surface area contributed by atoms with Gasteiger partial charge in [-0.1, -0.05) is 31.2 Å². The van der Waals surface area contributed by atoms with Crippen molar-refractivity contribution in [2.75, 3.05) is 13.2 Å². The van der Waals surface area contributed by atoms with Gasteiger partial charge in [-0.3, -0.25) is 14.9 Å². The predicted octanol–water partition coefficient (Wildman–Crippen LogP) is 2.60. The number of hydrogen-bond acceptors (Lipinski definition) is 8. The quantitative estimate of drug-likeness (QED) is 0.297. The number of para-hydroxylation sites is 2. The molecule has 0 bridgehead atoms. The number of nitrogens with zero attached hydrogens (tertiary/aromatic N) is 2. The number of aliphatic hydroxyl groups is 1. The van der Waals surface area contributed by atoms with Crippen molar-refractivity contribution in [2.24, 2.45) is 5.10 Å². The van der Waals surface area contributed by atoms with E-state index in [1.54, 1.807) is 30.3 Å². The zero-order valence-corrected chi connectivity index (χ0v) is 22.0. The summed E-state index contributed by atoms with van der Waals surface area (Å²) in [5, 5.41) is 29.7. The van der Waals surface area contributed by atoms with E-state index >= 15 is 0 Å². The van der Waals surface area contributed by atoms with Gasteiger partial charge in [-0.15, -0.1) is 0 Å². The SMILES string of the molecule is CCC(Oc1ccccc1C1=NNC(=O)CC1)C(=O)NCC(C)(C)NC(O)CCOc1ccccc1C#N. The van der Waals surface area contributed by atoms with Crippen LogP contribution in [0.4, 0.5) is 0 Å². The molecule has 10 nitrogen and oxygen atoms in total. The highest BCUT2D eigenvalue weighted by atomic mass is 16.5. The van der Waals surface area contributed by atoms with E-state index in [2.05, 4.69) is 27.2 Å². The molecular weight excluding hydrogens is 486 g/mol. The maximum atomic E-state index is 13.0. The fraction of sp³-hybridized carbons (Fsp3) is 0.429. The number of nitriles is 1. The minimum Gasteiger partial charge on any atom is -0.492 e. The highest BCUT2D eigenvalue weighted by molar-refractivity contribution is 6.06. The molecule has 0 spiro atoms. The van der Waals surface area contributed by atoms with Crippen LogP contribution in [-0.4, -0.2) is 53.7 Å². The third-order valence-corrected chi connectivity index (χ3v) is 5.95. The van der Waals surface area contributed by atoms with E-state index in [0.29, 0.717) is 48.5 Å². The molecule has 0 aliphatic carbocycles. The molecule has 0 fully saturated rings. The van der Waals surface area contributed by atoms with Crippen LogP contribution in [0.15, 0.2) is 53.6 Å². The van der Waals surface area contributed by atoms with Crippen molar-refractivity contribution in [1.82, 2.24) is 16.1 Å². The molecule has 1 heterocycles. The Labute approximate surface area is 223 Å². The van der Waals surface area contributed by atoms with Gasteiger partial charge in [0.15, 0.2) is 6.10 Å². The largest absolute Gasteiger partial charge is 0.492 e. The molecule has 3 rings (SSSR count). The van der Waals surface area contributed by atoms with Crippen molar-refractivity contribution >= 4 is 17.5 Å². The summed E-state index contributed by atoms with van der Waals surface area (Å²) in [5.41, 5.74) is 3.75. The number of carbonyl (C=O) groups excluding carboxylic acids is 2. The van der Waals surface area contributed by atoms with E-state index in [1.165, 1.54) is 0 Å². The van der Waals surface area contributed by atoms with Gasteiger partial charge in [0.1, 0.15) is 23.8 Å². The second-order valence-electron chi connectivity index (χ2n) is 9.61. The van der Waals surface area contributed by atoms with Crippen LogP contribution >= 0.6 is 0 Å². The molecular formula is C28H35N5O5. The summed E-state index contributed by atoms with van der Waals surface area (Å²) < 4.78 is 11.7. The van der Waals surface area contributed by atoms with Gasteiger partial charge in [0.2, 0.25) is 5.91 Å². The normalized spacial score (nSPS) is 14.9. The monoisotopic (exact) mass is 521 g/mol. The summed E-state index contributed by atoms with van der Waals surface area (Å²) in [6.07, 6.45) is -0.0339. The van der Waals surface area contributed by atoms with Gasteiger partial charge in [-0.25, -0.2) is 5.43 Å². The van der Waals surface area contributed by atoms with Crippen LogP contribution in [0.1, 0.15) is 57.6 Å². The molecule has 4 N–H and O–H groups in total. The molecule has 202 valence electrons. The van der Waals surface area contributed by atoms with E-state index in [0.717, 1.165) is 5.56 Å². The Kier molecular flexibility index (Phi) is 10.2. The smallest absolute Gasteiger partial charge is 0.261 e. The van der Waals surface area contributed by atoms with Gasteiger partial charge < -0.3 is 19.9 Å². The number of hydrogen-bond donors (Lipinski definition) is 4. The van der Waals surface area contributed by atoms with Crippen LogP contribution in [0, 0.1) is 11.3 Å². The molecule has 0 aromatic heterocycles. The average molecular weight is 522 g/mol. The first kappa shape index (κ1) is 28.6. The second kappa shape index (κ2) is 13.6. The van der Waals surface area contributed by atoms with Crippen molar-refractivity contribution in [3.05, 3.63) is 59.7 Å². The van der Waals surface area contributed by atoms with Crippen LogP contribution in [0.3, 0.4) is 0 Å². The van der Waals surface area contributed by atoms with E-state index < -0.39 is 17.9 Å². The Hall–Kier alpha value is -3.94. The van der Waals surface area contributed by atoms with Crippen molar-refractivity contribution in [3.8, 4) is 17.6 Å². The van der Waals surface area contributed by atoms with Crippen molar-refractivity contribution in [3.63, 3.8) is 0 Å². The van der Waals surface area contributed by atoms with Gasteiger partial charge in [0.05, 0.1) is 17.9 Å². The molecule has 2 unspecified atom stereocenters. The molecule has 2 aromatic rings. The van der Waals surface area contributed by atoms with Gasteiger partial charge in [-0.2, -0.15) is 10.4 Å². The van der Waals surface area contributed by atoms with Gasteiger partial charge >= 0.3 is 0 Å². The molecule has 0 saturated heterocycles. The number of carbonyl (C=O) groups is 2. The minimum absolute atomic E-state index is 0.129. The first-order valence-electron chi connectivity index (χ1n) is 12.7. The zero-order valence-electron chi connectivity index (χ0n) is 22.0. The van der Waals surface area contributed by atoms with Gasteiger partial charge in [-0.05, 0) is 44.5 Å². The maximum absolute atomic E-state index is 13.0. The van der Waals surface area contributed by atoms with Crippen molar-refractivity contribution in [1.29, 1.82) is 5.26 Å². The Morgan fingerprint density at radius 3 is 2.58 bits per heavy atom. The molecule has 0 saturated carbocycles. The molecule has 10 heteroatoms. The summed E-state index contributed by atoms with van der Waals surface area (Å²) >= 11 is 0. The number of amides is 2. The van der Waals surface area contributed by atoms with Crippen LogP contribution in [-0.2, 0) is 9.59 Å². The third-order valence-electron chi connectivity index (χ3n) is 5.95. The standard InChI is InChI=1S/C28H35N5O5/c1-4-22(38-24-12-8-6-10-20(24)21-13-14-26(35)33-32-21)27(36)30-18-28(2,3)31-25(34)15-16-37-23-11-7-5-9-19(23)17-29/h5-12,22,25,31,34H,4,13-16,18H2,1-3H3,(H,30,36)(H,33,35). The average Bonchev–Trinajstić information content (AvgIpc) is 2.91. The molecule has 1 aliphatic heterocycles. The fourth-order valence-electron chi connectivity index (χ4n) is 3.91. The number of benzene rings is 2. The van der Waals surface area contributed by atoms with E-state index in [1.807, 2.05) is 39.0 Å². The highest BCUT2D eigenvalue weighted by Crippen LogP contribution is 2.24. The third kappa shape index (κ3) is 8.30. The second-order valence-corrected chi connectivity index (χ2v) is 9.61. The molecule has 2 amide bonds. The van der Waals surface area contributed by atoms with Crippen LogP contribution < -0.4 is 25.5 Å². The van der Waals surface area contributed by atoms with Crippen molar-refractivity contribution in [2.45, 2.75) is 64.3 Å². The van der Waals surface area contributed by atoms with Gasteiger partial charge in [0, 0.05) is 36.9 Å². The number of ether oxygens (including phenoxy) is 2. The maximum Gasteiger partial charge on any atom is 0.261 e. The number of aliphatic hydroxyl groups excluding tert-OH is 1. The lowest BCUT2D eigenvalue weighted by molar-refractivity contribution is -0.128. The van der Waals surface area contributed by atoms with Crippen LogP contribution in [0.25, 0.3) is 0 Å². The molecule has 38 heavy (non-hydrogen) atoms. The van der Waals surface area contributed by atoms with E-state index in [-0.39, 0.29) is 25.0 Å². The lowest BCUT2D eigenvalue weighted by atomic mass is 10.0. The summed E-state index contributed by atoms with van der Waals surface area (Å²) in [6.45, 7) is 6.07.